The topological polar surface area (TPSA) is 18.5 Å². The van der Waals surface area contributed by atoms with Crippen molar-refractivity contribution in [3.8, 4) is 33.8 Å². The molecule has 0 aliphatic heterocycles. The average molecular weight is 620 g/mol. The zero-order valence-electron chi connectivity index (χ0n) is 21.7. The smallest absolute Gasteiger partial charge is 0.119 e. The van der Waals surface area contributed by atoms with E-state index in [9.17, 15) is 0 Å². The van der Waals surface area contributed by atoms with Gasteiger partial charge in [-0.15, -0.1) is 0 Å². The van der Waals surface area contributed by atoms with E-state index in [1.165, 1.54) is 38.9 Å². The molecule has 0 saturated heterocycles. The largest absolute Gasteiger partial charge is 0.493 e. The van der Waals surface area contributed by atoms with Crippen molar-refractivity contribution in [2.24, 2.45) is 11.8 Å². The monoisotopic (exact) mass is 618 g/mol. The normalized spacial score (nSPS) is 14.1. The van der Waals surface area contributed by atoms with Gasteiger partial charge in [-0.25, -0.2) is 0 Å². The van der Waals surface area contributed by atoms with Gasteiger partial charge in [-0.05, 0) is 99.3 Å². The highest BCUT2D eigenvalue weighted by Crippen LogP contribution is 2.53. The second-order valence-corrected chi connectivity index (χ2v) is 12.4. The number of benzene rings is 4. The van der Waals surface area contributed by atoms with Gasteiger partial charge in [0, 0.05) is 14.9 Å². The highest BCUT2D eigenvalue weighted by Gasteiger charge is 2.32. The van der Waals surface area contributed by atoms with E-state index in [2.05, 4.69) is 138 Å². The first kappa shape index (κ1) is 26.1. The van der Waals surface area contributed by atoms with Crippen molar-refractivity contribution in [1.29, 1.82) is 0 Å². The molecule has 1 aliphatic carbocycles. The van der Waals surface area contributed by atoms with Crippen molar-refractivity contribution >= 4 is 31.9 Å². The fourth-order valence-electron chi connectivity index (χ4n) is 4.92. The van der Waals surface area contributed by atoms with Gasteiger partial charge in [0.15, 0.2) is 0 Å². The van der Waals surface area contributed by atoms with Crippen LogP contribution in [0.25, 0.3) is 22.3 Å². The van der Waals surface area contributed by atoms with Crippen LogP contribution in [0.2, 0.25) is 0 Å². The number of rotatable bonds is 8. The molecule has 190 valence electrons. The summed E-state index contributed by atoms with van der Waals surface area (Å²) in [5.41, 5.74) is 8.88. The van der Waals surface area contributed by atoms with E-state index in [-0.39, 0.29) is 5.92 Å². The van der Waals surface area contributed by atoms with Crippen LogP contribution in [-0.4, -0.2) is 13.2 Å². The lowest BCUT2D eigenvalue weighted by Crippen LogP contribution is -2.05. The predicted molar refractivity (Wildman–Crippen MR) is 161 cm³/mol. The molecule has 1 aliphatic rings. The van der Waals surface area contributed by atoms with Gasteiger partial charge in [-0.2, -0.15) is 0 Å². The average Bonchev–Trinajstić information content (AvgIpc) is 3.19. The first-order valence-corrected chi connectivity index (χ1v) is 14.5. The van der Waals surface area contributed by atoms with Crippen molar-refractivity contribution in [2.75, 3.05) is 13.2 Å². The third-order valence-electron chi connectivity index (χ3n) is 6.58. The summed E-state index contributed by atoms with van der Waals surface area (Å²) in [6, 6.07) is 28.3. The Hall–Kier alpha value is -2.56. The molecule has 0 amide bonds. The zero-order valence-corrected chi connectivity index (χ0v) is 24.9. The van der Waals surface area contributed by atoms with Crippen LogP contribution in [0.5, 0.6) is 11.5 Å². The minimum absolute atomic E-state index is 0.145. The lowest BCUT2D eigenvalue weighted by molar-refractivity contribution is 0.271. The van der Waals surface area contributed by atoms with Crippen LogP contribution < -0.4 is 9.47 Å². The van der Waals surface area contributed by atoms with Gasteiger partial charge in [0.05, 0.1) is 13.2 Å². The summed E-state index contributed by atoms with van der Waals surface area (Å²) in [4.78, 5) is 0. The summed E-state index contributed by atoms with van der Waals surface area (Å²) in [5, 5.41) is 0. The summed E-state index contributed by atoms with van der Waals surface area (Å²) < 4.78 is 14.1. The first-order chi connectivity index (χ1) is 17.8. The summed E-state index contributed by atoms with van der Waals surface area (Å²) in [6.45, 7) is 10.1. The summed E-state index contributed by atoms with van der Waals surface area (Å²) >= 11 is 7.54. The first-order valence-electron chi connectivity index (χ1n) is 12.9. The van der Waals surface area contributed by atoms with E-state index in [1.54, 1.807) is 0 Å². The van der Waals surface area contributed by atoms with Gasteiger partial charge in [0.2, 0.25) is 0 Å². The minimum Gasteiger partial charge on any atom is -0.493 e. The van der Waals surface area contributed by atoms with Crippen LogP contribution in [0.15, 0.2) is 87.8 Å². The Kier molecular flexibility index (Phi) is 7.78. The van der Waals surface area contributed by atoms with Crippen LogP contribution in [0.4, 0.5) is 0 Å². The Labute approximate surface area is 237 Å². The van der Waals surface area contributed by atoms with Crippen LogP contribution in [0.3, 0.4) is 0 Å². The molecule has 0 bridgehead atoms. The number of ether oxygens (including phenoxy) is 2. The molecule has 0 aromatic heterocycles. The fourth-order valence-corrected chi connectivity index (χ4v) is 5.78. The number of fused-ring (bicyclic) bond motifs is 3. The second-order valence-electron chi connectivity index (χ2n) is 10.6. The molecule has 0 fully saturated rings. The van der Waals surface area contributed by atoms with E-state index in [0.29, 0.717) is 11.8 Å². The SMILES string of the molecule is CC(C)COc1ccc(-c2cc(Br)cc3c2-c2ccc(Br)cc2C3c2ccc(OCC(C)C)cc2)cc1. The van der Waals surface area contributed by atoms with Crippen molar-refractivity contribution in [3.63, 3.8) is 0 Å². The van der Waals surface area contributed by atoms with Gasteiger partial charge < -0.3 is 9.47 Å². The molecular formula is C33H32Br2O2. The third kappa shape index (κ3) is 5.66. The Balaban J connectivity index is 1.58. The molecule has 0 N–H and O–H groups in total. The third-order valence-corrected chi connectivity index (χ3v) is 7.54. The Morgan fingerprint density at radius 1 is 0.622 bits per heavy atom. The van der Waals surface area contributed by atoms with E-state index in [0.717, 1.165) is 33.7 Å². The van der Waals surface area contributed by atoms with Crippen LogP contribution in [-0.2, 0) is 0 Å². The predicted octanol–water partition coefficient (Wildman–Crippen LogP) is 10.1. The molecular weight excluding hydrogens is 588 g/mol. The van der Waals surface area contributed by atoms with Gasteiger partial charge in [0.25, 0.3) is 0 Å². The van der Waals surface area contributed by atoms with E-state index in [4.69, 9.17) is 9.47 Å². The molecule has 5 rings (SSSR count). The molecule has 0 heterocycles. The van der Waals surface area contributed by atoms with Gasteiger partial charge in [-0.1, -0.05) is 89.9 Å². The highest BCUT2D eigenvalue weighted by molar-refractivity contribution is 9.10. The maximum atomic E-state index is 5.95. The molecule has 1 unspecified atom stereocenters. The summed E-state index contributed by atoms with van der Waals surface area (Å²) in [6.07, 6.45) is 0. The molecule has 0 saturated carbocycles. The minimum atomic E-state index is 0.145. The number of hydrogen-bond acceptors (Lipinski definition) is 2. The van der Waals surface area contributed by atoms with E-state index in [1.807, 2.05) is 0 Å². The van der Waals surface area contributed by atoms with Crippen molar-refractivity contribution < 1.29 is 9.47 Å². The second kappa shape index (κ2) is 11.0. The Bertz CT molecular complexity index is 1390. The van der Waals surface area contributed by atoms with Gasteiger partial charge in [0.1, 0.15) is 11.5 Å². The molecule has 2 nitrogen and oxygen atoms in total. The van der Waals surface area contributed by atoms with Crippen LogP contribution >= 0.6 is 31.9 Å². The quantitative estimate of drug-likeness (QED) is 0.172. The standard InChI is InChI=1S/C33H32Br2O2/c1-20(2)18-36-26-10-5-22(6-11-26)29-16-25(35)17-31-32(30-15-24(34)9-14-28(30)33(29)31)23-7-12-27(13-8-23)37-19-21(3)4/h5-17,20-21,32H,18-19H2,1-4H3. The van der Waals surface area contributed by atoms with E-state index < -0.39 is 0 Å². The zero-order chi connectivity index (χ0) is 26.1. The van der Waals surface area contributed by atoms with E-state index >= 15 is 0 Å². The van der Waals surface area contributed by atoms with Gasteiger partial charge >= 0.3 is 0 Å². The lowest BCUT2D eigenvalue weighted by Gasteiger charge is -2.17. The van der Waals surface area contributed by atoms with Crippen LogP contribution in [0, 0.1) is 11.8 Å². The maximum absolute atomic E-state index is 5.95. The van der Waals surface area contributed by atoms with Crippen molar-refractivity contribution in [1.82, 2.24) is 0 Å². The molecule has 4 aromatic rings. The Morgan fingerprint density at radius 2 is 1.19 bits per heavy atom. The summed E-state index contributed by atoms with van der Waals surface area (Å²) in [7, 11) is 0. The van der Waals surface area contributed by atoms with Crippen molar-refractivity contribution in [3.05, 3.63) is 104 Å². The molecule has 1 atom stereocenters. The molecule has 0 radical (unpaired) electrons. The molecule has 37 heavy (non-hydrogen) atoms. The fraction of sp³-hybridized carbons (Fsp3) is 0.273. The lowest BCUT2D eigenvalue weighted by atomic mass is 9.88. The van der Waals surface area contributed by atoms with Crippen molar-refractivity contribution in [2.45, 2.75) is 33.6 Å². The summed E-state index contributed by atoms with van der Waals surface area (Å²) in [5.74, 6) is 2.96. The van der Waals surface area contributed by atoms with Gasteiger partial charge in [-0.3, -0.25) is 0 Å². The Morgan fingerprint density at radius 3 is 1.78 bits per heavy atom. The maximum Gasteiger partial charge on any atom is 0.119 e. The number of hydrogen-bond donors (Lipinski definition) is 0. The van der Waals surface area contributed by atoms with Crippen LogP contribution in [0.1, 0.15) is 50.3 Å². The molecule has 4 aromatic carbocycles. The molecule has 4 heteroatoms. The molecule has 0 spiro atoms. The highest BCUT2D eigenvalue weighted by atomic mass is 79.9. The number of halogens is 2.